The summed E-state index contributed by atoms with van der Waals surface area (Å²) >= 11 is 0. The molecule has 0 unspecified atom stereocenters. The second-order valence-corrected chi connectivity index (χ2v) is 5.45. The molecule has 0 saturated heterocycles. The van der Waals surface area contributed by atoms with Gasteiger partial charge in [0.2, 0.25) is 0 Å². The molecule has 13 heavy (non-hydrogen) atoms. The van der Waals surface area contributed by atoms with Crippen molar-refractivity contribution >= 4 is 19.7 Å². The first-order chi connectivity index (χ1) is 5.95. The number of aryl methyl sites for hydroxylation is 2. The molecule has 4 heteroatoms. The fourth-order valence-corrected chi connectivity index (χ4v) is 2.05. The van der Waals surface area contributed by atoms with Crippen LogP contribution in [0.3, 0.4) is 0 Å². The lowest BCUT2D eigenvalue weighted by molar-refractivity contribution is 0.609. The van der Waals surface area contributed by atoms with E-state index in [0.29, 0.717) is 0 Å². The van der Waals surface area contributed by atoms with Crippen LogP contribution in [-0.4, -0.2) is 8.42 Å². The van der Waals surface area contributed by atoms with Crippen LogP contribution >= 0.6 is 10.7 Å². The van der Waals surface area contributed by atoms with Crippen LogP contribution in [0.1, 0.15) is 18.1 Å². The van der Waals surface area contributed by atoms with E-state index >= 15 is 0 Å². The van der Waals surface area contributed by atoms with Crippen LogP contribution < -0.4 is 0 Å². The molecule has 72 valence electrons. The fraction of sp³-hybridized carbons (Fsp3) is 0.333. The molecule has 0 aliphatic heterocycles. The zero-order valence-corrected chi connectivity index (χ0v) is 9.11. The third kappa shape index (κ3) is 2.45. The fourth-order valence-electron chi connectivity index (χ4n) is 1.22. The summed E-state index contributed by atoms with van der Waals surface area (Å²) in [5, 5.41) is 0. The van der Waals surface area contributed by atoms with Gasteiger partial charge in [-0.05, 0) is 36.6 Å². The molecule has 2 nitrogen and oxygen atoms in total. The lowest BCUT2D eigenvalue weighted by Gasteiger charge is -2.03. The summed E-state index contributed by atoms with van der Waals surface area (Å²) < 4.78 is 21.9. The largest absolute Gasteiger partial charge is 0.261 e. The Morgan fingerprint density at radius 3 is 2.38 bits per heavy atom. The summed E-state index contributed by atoms with van der Waals surface area (Å²) in [5.41, 5.74) is 2.10. The molecular weight excluding hydrogens is 208 g/mol. The lowest BCUT2D eigenvalue weighted by atomic mass is 10.1. The monoisotopic (exact) mass is 218 g/mol. The molecule has 0 fully saturated rings. The number of hydrogen-bond donors (Lipinski definition) is 0. The highest BCUT2D eigenvalue weighted by molar-refractivity contribution is 8.13. The van der Waals surface area contributed by atoms with E-state index < -0.39 is 9.05 Å². The van der Waals surface area contributed by atoms with E-state index in [2.05, 4.69) is 0 Å². The average molecular weight is 219 g/mol. The summed E-state index contributed by atoms with van der Waals surface area (Å²) in [5.74, 6) is 0. The summed E-state index contributed by atoms with van der Waals surface area (Å²) in [4.78, 5) is 0.170. The van der Waals surface area contributed by atoms with E-state index in [-0.39, 0.29) is 4.90 Å². The minimum Gasteiger partial charge on any atom is -0.207 e. The van der Waals surface area contributed by atoms with Crippen molar-refractivity contribution < 1.29 is 8.42 Å². The van der Waals surface area contributed by atoms with Gasteiger partial charge in [-0.3, -0.25) is 0 Å². The smallest absolute Gasteiger partial charge is 0.207 e. The zero-order chi connectivity index (χ0) is 10.1. The molecule has 0 bridgehead atoms. The van der Waals surface area contributed by atoms with Gasteiger partial charge in [0.05, 0.1) is 4.90 Å². The third-order valence-electron chi connectivity index (χ3n) is 1.98. The first-order valence-corrected chi connectivity index (χ1v) is 6.30. The lowest BCUT2D eigenvalue weighted by Crippen LogP contribution is -1.93. The second kappa shape index (κ2) is 3.68. The Bertz CT molecular complexity index is 410. The highest BCUT2D eigenvalue weighted by atomic mass is 35.7. The van der Waals surface area contributed by atoms with Crippen LogP contribution in [0.5, 0.6) is 0 Å². The third-order valence-corrected chi connectivity index (χ3v) is 3.33. The summed E-state index contributed by atoms with van der Waals surface area (Å²) in [6, 6.07) is 4.93. The van der Waals surface area contributed by atoms with E-state index in [9.17, 15) is 8.42 Å². The van der Waals surface area contributed by atoms with E-state index in [1.165, 1.54) is 6.07 Å². The molecule has 0 aliphatic carbocycles. The standard InChI is InChI=1S/C9H11ClO2S/c1-3-8-4-5-9(6-7(8)2)13(10,11)12/h4-6H,3H2,1-2H3. The quantitative estimate of drug-likeness (QED) is 0.715. The molecule has 0 saturated carbocycles. The SMILES string of the molecule is CCc1ccc(S(=O)(=O)Cl)cc1C. The van der Waals surface area contributed by atoms with Crippen molar-refractivity contribution in [3.63, 3.8) is 0 Å². The van der Waals surface area contributed by atoms with E-state index in [1.54, 1.807) is 12.1 Å². The highest BCUT2D eigenvalue weighted by Crippen LogP contribution is 2.18. The molecule has 1 rings (SSSR count). The van der Waals surface area contributed by atoms with Crippen LogP contribution in [0, 0.1) is 6.92 Å². The molecule has 0 spiro atoms. The van der Waals surface area contributed by atoms with Gasteiger partial charge in [-0.25, -0.2) is 8.42 Å². The van der Waals surface area contributed by atoms with E-state index in [0.717, 1.165) is 17.5 Å². The van der Waals surface area contributed by atoms with Crippen molar-refractivity contribution in [2.75, 3.05) is 0 Å². The maximum Gasteiger partial charge on any atom is 0.261 e. The molecule has 0 N–H and O–H groups in total. The molecule has 1 aromatic rings. The van der Waals surface area contributed by atoms with Gasteiger partial charge in [0.25, 0.3) is 9.05 Å². The van der Waals surface area contributed by atoms with Crippen molar-refractivity contribution in [3.05, 3.63) is 29.3 Å². The highest BCUT2D eigenvalue weighted by Gasteiger charge is 2.10. The summed E-state index contributed by atoms with van der Waals surface area (Å²) in [6.07, 6.45) is 0.897. The number of hydrogen-bond acceptors (Lipinski definition) is 2. The van der Waals surface area contributed by atoms with Crippen molar-refractivity contribution in [3.8, 4) is 0 Å². The topological polar surface area (TPSA) is 34.1 Å². The van der Waals surface area contributed by atoms with Crippen molar-refractivity contribution in [1.82, 2.24) is 0 Å². The maximum atomic E-state index is 11.0. The predicted octanol–water partition coefficient (Wildman–Crippen LogP) is 2.48. The van der Waals surface area contributed by atoms with Crippen molar-refractivity contribution in [2.45, 2.75) is 25.2 Å². The molecular formula is C9H11ClO2S. The minimum atomic E-state index is -3.58. The Labute approximate surface area is 83.0 Å². The minimum absolute atomic E-state index is 0.170. The summed E-state index contributed by atoms with van der Waals surface area (Å²) in [6.45, 7) is 3.90. The maximum absolute atomic E-state index is 11.0. The van der Waals surface area contributed by atoms with Crippen LogP contribution in [0.15, 0.2) is 23.1 Å². The molecule has 0 radical (unpaired) electrons. The van der Waals surface area contributed by atoms with Gasteiger partial charge in [0.1, 0.15) is 0 Å². The first-order valence-electron chi connectivity index (χ1n) is 3.99. The Morgan fingerprint density at radius 1 is 1.38 bits per heavy atom. The molecule has 0 aliphatic rings. The number of benzene rings is 1. The Morgan fingerprint density at radius 2 is 2.00 bits per heavy atom. The van der Waals surface area contributed by atoms with Gasteiger partial charge >= 0.3 is 0 Å². The first kappa shape index (κ1) is 10.5. The van der Waals surface area contributed by atoms with Gasteiger partial charge < -0.3 is 0 Å². The van der Waals surface area contributed by atoms with Crippen LogP contribution in [0.2, 0.25) is 0 Å². The van der Waals surface area contributed by atoms with Gasteiger partial charge in [-0.1, -0.05) is 13.0 Å². The van der Waals surface area contributed by atoms with Crippen LogP contribution in [0.25, 0.3) is 0 Å². The Hall–Kier alpha value is -0.540. The molecule has 0 amide bonds. The number of halogens is 1. The predicted molar refractivity (Wildman–Crippen MR) is 53.6 cm³/mol. The average Bonchev–Trinajstić information content (AvgIpc) is 2.02. The molecule has 0 atom stereocenters. The van der Waals surface area contributed by atoms with Gasteiger partial charge in [0.15, 0.2) is 0 Å². The van der Waals surface area contributed by atoms with Crippen LogP contribution in [-0.2, 0) is 15.5 Å². The summed E-state index contributed by atoms with van der Waals surface area (Å²) in [7, 11) is 1.62. The normalized spacial score (nSPS) is 11.6. The second-order valence-electron chi connectivity index (χ2n) is 2.88. The van der Waals surface area contributed by atoms with E-state index in [1.807, 2.05) is 13.8 Å². The van der Waals surface area contributed by atoms with Crippen LogP contribution in [0.4, 0.5) is 0 Å². The van der Waals surface area contributed by atoms with Gasteiger partial charge in [-0.15, -0.1) is 0 Å². The van der Waals surface area contributed by atoms with Gasteiger partial charge in [0, 0.05) is 10.7 Å². The molecule has 1 aromatic carbocycles. The van der Waals surface area contributed by atoms with Crippen molar-refractivity contribution in [2.24, 2.45) is 0 Å². The molecule has 0 heterocycles. The Kier molecular flexibility index (Phi) is 2.98. The Balaban J connectivity index is 3.26. The number of rotatable bonds is 2. The van der Waals surface area contributed by atoms with E-state index in [4.69, 9.17) is 10.7 Å². The van der Waals surface area contributed by atoms with Gasteiger partial charge in [-0.2, -0.15) is 0 Å². The molecule has 0 aromatic heterocycles. The van der Waals surface area contributed by atoms with Crippen molar-refractivity contribution in [1.29, 1.82) is 0 Å². The zero-order valence-electron chi connectivity index (χ0n) is 7.54.